The van der Waals surface area contributed by atoms with Crippen molar-refractivity contribution in [1.82, 2.24) is 0 Å². The Morgan fingerprint density at radius 2 is 1.64 bits per heavy atom. The van der Waals surface area contributed by atoms with Crippen molar-refractivity contribution in [3.05, 3.63) is 47.5 Å². The second-order valence-corrected chi connectivity index (χ2v) is 4.90. The molecule has 0 N–H and O–H groups in total. The minimum Gasteiger partial charge on any atom is -0.497 e. The predicted octanol–water partition coefficient (Wildman–Crippen LogP) is 3.07. The Labute approximate surface area is 129 Å². The quantitative estimate of drug-likeness (QED) is 0.870. The Morgan fingerprint density at radius 3 is 2.27 bits per heavy atom. The molecule has 0 atom stereocenters. The Balaban J connectivity index is 1.93. The number of nitrogens with zero attached hydrogens (tertiary/aromatic N) is 2. The van der Waals surface area contributed by atoms with E-state index in [4.69, 9.17) is 14.2 Å². The van der Waals surface area contributed by atoms with E-state index in [2.05, 4.69) is 5.10 Å². The van der Waals surface area contributed by atoms with Gasteiger partial charge < -0.3 is 14.2 Å². The van der Waals surface area contributed by atoms with Gasteiger partial charge >= 0.3 is 0 Å². The Kier molecular flexibility index (Phi) is 3.87. The van der Waals surface area contributed by atoms with Gasteiger partial charge in [-0.2, -0.15) is 5.10 Å². The number of anilines is 1. The van der Waals surface area contributed by atoms with Crippen molar-refractivity contribution in [2.75, 3.05) is 26.3 Å². The Morgan fingerprint density at radius 1 is 0.909 bits per heavy atom. The summed E-state index contributed by atoms with van der Waals surface area (Å²) in [5.41, 5.74) is 3.11. The van der Waals surface area contributed by atoms with Crippen molar-refractivity contribution in [3.63, 3.8) is 0 Å². The third kappa shape index (κ3) is 2.57. The van der Waals surface area contributed by atoms with Gasteiger partial charge in [0.15, 0.2) is 0 Å². The van der Waals surface area contributed by atoms with E-state index in [-0.39, 0.29) is 0 Å². The molecule has 1 aliphatic rings. The van der Waals surface area contributed by atoms with Gasteiger partial charge in [-0.05, 0) is 30.3 Å². The zero-order valence-electron chi connectivity index (χ0n) is 12.9. The average Bonchev–Trinajstić information content (AvgIpc) is 2.60. The van der Waals surface area contributed by atoms with E-state index in [1.54, 1.807) is 21.3 Å². The lowest BCUT2D eigenvalue weighted by molar-refractivity contribution is 0.390. The minimum absolute atomic E-state index is 0.644. The van der Waals surface area contributed by atoms with E-state index in [0.29, 0.717) is 6.54 Å². The molecule has 0 bridgehead atoms. The summed E-state index contributed by atoms with van der Waals surface area (Å²) in [4.78, 5) is 0. The largest absolute Gasteiger partial charge is 0.497 e. The molecule has 0 unspecified atom stereocenters. The van der Waals surface area contributed by atoms with E-state index in [0.717, 1.165) is 34.1 Å². The summed E-state index contributed by atoms with van der Waals surface area (Å²) in [5.74, 6) is 2.39. The third-order valence-corrected chi connectivity index (χ3v) is 3.69. The van der Waals surface area contributed by atoms with Crippen LogP contribution in [0.15, 0.2) is 41.5 Å². The van der Waals surface area contributed by atoms with Crippen LogP contribution in [0.25, 0.3) is 0 Å². The van der Waals surface area contributed by atoms with Crippen LogP contribution in [-0.4, -0.2) is 27.5 Å². The van der Waals surface area contributed by atoms with E-state index in [1.807, 2.05) is 47.6 Å². The second kappa shape index (κ2) is 5.97. The van der Waals surface area contributed by atoms with Gasteiger partial charge in [0.2, 0.25) is 0 Å². The molecular formula is C17H18N2O3. The third-order valence-electron chi connectivity index (χ3n) is 3.69. The lowest BCUT2D eigenvalue weighted by atomic mass is 10.0. The highest BCUT2D eigenvalue weighted by atomic mass is 16.5. The van der Waals surface area contributed by atoms with Crippen LogP contribution in [0.3, 0.4) is 0 Å². The van der Waals surface area contributed by atoms with Crippen LogP contribution >= 0.6 is 0 Å². The van der Waals surface area contributed by atoms with Gasteiger partial charge in [0.1, 0.15) is 17.2 Å². The standard InChI is InChI=1S/C17H18N2O3/c1-20-14-6-4-13(5-7-14)19-11-16-12(10-18-19)8-15(21-2)9-17(16)22-3/h4-10H,11H2,1-3H3. The summed E-state index contributed by atoms with van der Waals surface area (Å²) < 4.78 is 16.0. The summed E-state index contributed by atoms with van der Waals surface area (Å²) >= 11 is 0. The van der Waals surface area contributed by atoms with Gasteiger partial charge in [0.05, 0.1) is 39.8 Å². The predicted molar refractivity (Wildman–Crippen MR) is 86.3 cm³/mol. The molecule has 5 nitrogen and oxygen atoms in total. The van der Waals surface area contributed by atoms with Crippen molar-refractivity contribution in [3.8, 4) is 17.2 Å². The number of methoxy groups -OCH3 is 3. The molecule has 0 amide bonds. The van der Waals surface area contributed by atoms with Crippen LogP contribution in [0.2, 0.25) is 0 Å². The molecule has 2 aromatic rings. The molecule has 1 aliphatic heterocycles. The van der Waals surface area contributed by atoms with Crippen LogP contribution in [0, 0.1) is 0 Å². The lowest BCUT2D eigenvalue weighted by Crippen LogP contribution is -2.21. The first-order chi connectivity index (χ1) is 10.7. The molecule has 114 valence electrons. The van der Waals surface area contributed by atoms with Crippen LogP contribution in [0.5, 0.6) is 17.2 Å². The summed E-state index contributed by atoms with van der Waals surface area (Å²) in [6.45, 7) is 0.644. The number of fused-ring (bicyclic) bond motifs is 1. The maximum Gasteiger partial charge on any atom is 0.128 e. The molecule has 0 radical (unpaired) electrons. The highest BCUT2D eigenvalue weighted by Crippen LogP contribution is 2.33. The lowest BCUT2D eigenvalue weighted by Gasteiger charge is -2.25. The maximum atomic E-state index is 5.49. The van der Waals surface area contributed by atoms with Gasteiger partial charge in [-0.25, -0.2) is 0 Å². The molecule has 2 aromatic carbocycles. The molecule has 22 heavy (non-hydrogen) atoms. The number of hydrogen-bond donors (Lipinski definition) is 0. The van der Waals surface area contributed by atoms with Gasteiger partial charge in [-0.15, -0.1) is 0 Å². The molecule has 3 rings (SSSR count). The van der Waals surface area contributed by atoms with Gasteiger partial charge in [-0.1, -0.05) is 0 Å². The molecule has 0 fully saturated rings. The smallest absolute Gasteiger partial charge is 0.128 e. The van der Waals surface area contributed by atoms with Crippen molar-refractivity contribution in [2.24, 2.45) is 5.10 Å². The number of benzene rings is 2. The molecule has 1 heterocycles. The fourth-order valence-electron chi connectivity index (χ4n) is 2.46. The van der Waals surface area contributed by atoms with E-state index < -0.39 is 0 Å². The summed E-state index contributed by atoms with van der Waals surface area (Å²) in [6.07, 6.45) is 1.83. The zero-order chi connectivity index (χ0) is 15.5. The average molecular weight is 298 g/mol. The van der Waals surface area contributed by atoms with E-state index >= 15 is 0 Å². The van der Waals surface area contributed by atoms with Crippen molar-refractivity contribution in [1.29, 1.82) is 0 Å². The van der Waals surface area contributed by atoms with Gasteiger partial charge in [0.25, 0.3) is 0 Å². The van der Waals surface area contributed by atoms with Crippen LogP contribution in [0.1, 0.15) is 11.1 Å². The van der Waals surface area contributed by atoms with E-state index in [9.17, 15) is 0 Å². The zero-order valence-corrected chi connectivity index (χ0v) is 12.9. The normalized spacial score (nSPS) is 12.8. The monoisotopic (exact) mass is 298 g/mol. The van der Waals surface area contributed by atoms with Gasteiger partial charge in [-0.3, -0.25) is 5.01 Å². The number of rotatable bonds is 4. The molecule has 0 spiro atoms. The van der Waals surface area contributed by atoms with E-state index in [1.165, 1.54) is 0 Å². The molecule has 0 aliphatic carbocycles. The van der Waals surface area contributed by atoms with Crippen molar-refractivity contribution >= 4 is 11.9 Å². The minimum atomic E-state index is 0.644. The Bertz CT molecular complexity index is 696. The van der Waals surface area contributed by atoms with Crippen LogP contribution < -0.4 is 19.2 Å². The first-order valence-corrected chi connectivity index (χ1v) is 6.95. The first-order valence-electron chi connectivity index (χ1n) is 6.95. The molecule has 0 aromatic heterocycles. The molecule has 5 heteroatoms. The Hall–Kier alpha value is -2.69. The summed E-state index contributed by atoms with van der Waals surface area (Å²) in [7, 11) is 4.96. The van der Waals surface area contributed by atoms with Gasteiger partial charge in [0, 0.05) is 17.2 Å². The van der Waals surface area contributed by atoms with Crippen molar-refractivity contribution < 1.29 is 14.2 Å². The number of hydrogen-bond acceptors (Lipinski definition) is 5. The SMILES string of the molecule is COc1ccc(N2Cc3c(cc(OC)cc3OC)C=N2)cc1. The molecule has 0 saturated carbocycles. The van der Waals surface area contributed by atoms with Crippen molar-refractivity contribution in [2.45, 2.75) is 6.54 Å². The van der Waals surface area contributed by atoms with Crippen LogP contribution in [-0.2, 0) is 6.54 Å². The summed E-state index contributed by atoms with van der Waals surface area (Å²) in [6, 6.07) is 11.7. The first kappa shape index (κ1) is 14.3. The molecular weight excluding hydrogens is 280 g/mol. The molecule has 0 saturated heterocycles. The summed E-state index contributed by atoms with van der Waals surface area (Å²) in [5, 5.41) is 6.43. The van der Waals surface area contributed by atoms with Crippen LogP contribution in [0.4, 0.5) is 5.69 Å². The number of hydrazone groups is 1. The fraction of sp³-hybridized carbons (Fsp3) is 0.235. The maximum absolute atomic E-state index is 5.49. The second-order valence-electron chi connectivity index (χ2n) is 4.90. The fourth-order valence-corrected chi connectivity index (χ4v) is 2.46. The number of ether oxygens (including phenoxy) is 3. The highest BCUT2D eigenvalue weighted by Gasteiger charge is 2.19. The highest BCUT2D eigenvalue weighted by molar-refractivity contribution is 5.86. The topological polar surface area (TPSA) is 43.3 Å².